The third kappa shape index (κ3) is 3.11. The van der Waals surface area contributed by atoms with Gasteiger partial charge in [-0.05, 0) is 29.7 Å². The number of carbonyl (C=O) groups excluding carboxylic acids is 1. The van der Waals surface area contributed by atoms with Crippen LogP contribution in [-0.4, -0.2) is 41.8 Å². The standard InChI is InChI=1S/C18H20N2O2/c21-17-9-8-14-5-1-2-6-15(14)16(17)13-19-10-4-12-20-11-3-7-18(20)22/h1-2,5-6,8-9,13,21H,3-4,7,10-12H2. The molecule has 0 bridgehead atoms. The van der Waals surface area contributed by atoms with E-state index in [1.165, 1.54) is 0 Å². The van der Waals surface area contributed by atoms with Crippen molar-refractivity contribution >= 4 is 22.9 Å². The molecule has 1 aliphatic heterocycles. The first-order valence-corrected chi connectivity index (χ1v) is 7.74. The van der Waals surface area contributed by atoms with Crippen molar-refractivity contribution < 1.29 is 9.90 Å². The van der Waals surface area contributed by atoms with Crippen molar-refractivity contribution in [1.82, 2.24) is 4.90 Å². The van der Waals surface area contributed by atoms with Crippen LogP contribution in [0.3, 0.4) is 0 Å². The van der Waals surface area contributed by atoms with Crippen LogP contribution in [0.1, 0.15) is 24.8 Å². The average molecular weight is 296 g/mol. The van der Waals surface area contributed by atoms with E-state index in [0.717, 1.165) is 42.3 Å². The molecule has 4 nitrogen and oxygen atoms in total. The second-order valence-electron chi connectivity index (χ2n) is 5.59. The Morgan fingerprint density at radius 2 is 2.09 bits per heavy atom. The predicted octanol–water partition coefficient (Wildman–Crippen LogP) is 2.98. The maximum atomic E-state index is 11.5. The summed E-state index contributed by atoms with van der Waals surface area (Å²) in [6, 6.07) is 11.5. The molecule has 2 aromatic rings. The highest BCUT2D eigenvalue weighted by atomic mass is 16.3. The van der Waals surface area contributed by atoms with Crippen molar-refractivity contribution in [3.8, 4) is 5.75 Å². The molecule has 1 fully saturated rings. The van der Waals surface area contributed by atoms with Crippen molar-refractivity contribution in [3.63, 3.8) is 0 Å². The lowest BCUT2D eigenvalue weighted by atomic mass is 10.0. The van der Waals surface area contributed by atoms with Crippen LogP contribution in [0.4, 0.5) is 0 Å². The number of rotatable bonds is 5. The minimum Gasteiger partial charge on any atom is -0.507 e. The lowest BCUT2D eigenvalue weighted by Gasteiger charge is -2.13. The Morgan fingerprint density at radius 3 is 2.91 bits per heavy atom. The number of amides is 1. The number of benzene rings is 2. The van der Waals surface area contributed by atoms with Gasteiger partial charge in [0, 0.05) is 37.8 Å². The van der Waals surface area contributed by atoms with E-state index in [2.05, 4.69) is 4.99 Å². The van der Waals surface area contributed by atoms with Crippen molar-refractivity contribution in [2.45, 2.75) is 19.3 Å². The molecule has 22 heavy (non-hydrogen) atoms. The molecule has 0 atom stereocenters. The van der Waals surface area contributed by atoms with Crippen LogP contribution in [0.15, 0.2) is 41.4 Å². The molecule has 1 N–H and O–H groups in total. The van der Waals surface area contributed by atoms with Gasteiger partial charge >= 0.3 is 0 Å². The summed E-state index contributed by atoms with van der Waals surface area (Å²) in [5.74, 6) is 0.507. The molecule has 114 valence electrons. The van der Waals surface area contributed by atoms with Gasteiger partial charge in [0.25, 0.3) is 0 Å². The van der Waals surface area contributed by atoms with E-state index in [1.807, 2.05) is 35.2 Å². The number of phenols is 1. The summed E-state index contributed by atoms with van der Waals surface area (Å²) < 4.78 is 0. The minimum atomic E-state index is 0.247. The molecule has 0 spiro atoms. The Labute approximate surface area is 130 Å². The van der Waals surface area contributed by atoms with Crippen LogP contribution in [0.5, 0.6) is 5.75 Å². The molecule has 0 unspecified atom stereocenters. The smallest absolute Gasteiger partial charge is 0.222 e. The second-order valence-corrected chi connectivity index (χ2v) is 5.59. The Morgan fingerprint density at radius 1 is 1.23 bits per heavy atom. The lowest BCUT2D eigenvalue weighted by molar-refractivity contribution is -0.127. The van der Waals surface area contributed by atoms with E-state index < -0.39 is 0 Å². The number of hydrogen-bond acceptors (Lipinski definition) is 3. The summed E-state index contributed by atoms with van der Waals surface area (Å²) in [5, 5.41) is 12.1. The van der Waals surface area contributed by atoms with Crippen LogP contribution in [0.2, 0.25) is 0 Å². The largest absolute Gasteiger partial charge is 0.507 e. The van der Waals surface area contributed by atoms with E-state index in [-0.39, 0.29) is 11.7 Å². The zero-order valence-corrected chi connectivity index (χ0v) is 12.5. The van der Waals surface area contributed by atoms with Gasteiger partial charge in [-0.3, -0.25) is 9.79 Å². The van der Waals surface area contributed by atoms with Gasteiger partial charge in [-0.2, -0.15) is 0 Å². The summed E-state index contributed by atoms with van der Waals surface area (Å²) >= 11 is 0. The first kappa shape index (κ1) is 14.6. The van der Waals surface area contributed by atoms with Crippen LogP contribution in [0.25, 0.3) is 10.8 Å². The maximum Gasteiger partial charge on any atom is 0.222 e. The number of likely N-dealkylation sites (tertiary alicyclic amines) is 1. The molecule has 0 aromatic heterocycles. The summed E-state index contributed by atoms with van der Waals surface area (Å²) in [7, 11) is 0. The highest BCUT2D eigenvalue weighted by molar-refractivity contribution is 6.02. The van der Waals surface area contributed by atoms with Crippen LogP contribution in [-0.2, 0) is 4.79 Å². The molecule has 1 saturated heterocycles. The number of aliphatic imine (C=N–C) groups is 1. The van der Waals surface area contributed by atoms with Gasteiger partial charge < -0.3 is 10.0 Å². The molecule has 4 heteroatoms. The highest BCUT2D eigenvalue weighted by Gasteiger charge is 2.18. The van der Waals surface area contributed by atoms with E-state index >= 15 is 0 Å². The molecular formula is C18H20N2O2. The van der Waals surface area contributed by atoms with Gasteiger partial charge in [0.2, 0.25) is 5.91 Å². The van der Waals surface area contributed by atoms with Gasteiger partial charge in [-0.25, -0.2) is 0 Å². The fraction of sp³-hybridized carbons (Fsp3) is 0.333. The summed E-state index contributed by atoms with van der Waals surface area (Å²) in [6.07, 6.45) is 4.26. The number of aromatic hydroxyl groups is 1. The molecule has 0 aliphatic carbocycles. The molecule has 2 aromatic carbocycles. The quantitative estimate of drug-likeness (QED) is 0.681. The highest BCUT2D eigenvalue weighted by Crippen LogP contribution is 2.25. The zero-order valence-electron chi connectivity index (χ0n) is 12.5. The maximum absolute atomic E-state index is 11.5. The zero-order chi connectivity index (χ0) is 15.4. The number of phenolic OH excluding ortho intramolecular Hbond substituents is 1. The predicted molar refractivity (Wildman–Crippen MR) is 88.5 cm³/mol. The normalized spacial score (nSPS) is 15.3. The topological polar surface area (TPSA) is 52.9 Å². The Hall–Kier alpha value is -2.36. The summed E-state index contributed by atoms with van der Waals surface area (Å²) in [4.78, 5) is 17.8. The first-order valence-electron chi connectivity index (χ1n) is 7.74. The van der Waals surface area contributed by atoms with Crippen molar-refractivity contribution in [3.05, 3.63) is 42.0 Å². The van der Waals surface area contributed by atoms with E-state index in [0.29, 0.717) is 13.0 Å². The number of carbonyl (C=O) groups is 1. The SMILES string of the molecule is O=C1CCCN1CCCN=Cc1c(O)ccc2ccccc12. The van der Waals surface area contributed by atoms with E-state index in [1.54, 1.807) is 12.3 Å². The van der Waals surface area contributed by atoms with Gasteiger partial charge in [0.1, 0.15) is 5.75 Å². The third-order valence-electron chi connectivity index (χ3n) is 4.05. The molecule has 0 saturated carbocycles. The number of fused-ring (bicyclic) bond motifs is 1. The van der Waals surface area contributed by atoms with Crippen LogP contribution < -0.4 is 0 Å². The number of hydrogen-bond donors (Lipinski definition) is 1. The van der Waals surface area contributed by atoms with E-state index in [4.69, 9.17) is 0 Å². The van der Waals surface area contributed by atoms with Gasteiger partial charge in [0.15, 0.2) is 0 Å². The molecule has 1 heterocycles. The molecule has 0 radical (unpaired) electrons. The first-order chi connectivity index (χ1) is 10.8. The molecular weight excluding hydrogens is 276 g/mol. The second kappa shape index (κ2) is 6.60. The fourth-order valence-corrected chi connectivity index (χ4v) is 2.87. The molecule has 1 aliphatic rings. The third-order valence-corrected chi connectivity index (χ3v) is 4.05. The minimum absolute atomic E-state index is 0.247. The van der Waals surface area contributed by atoms with Gasteiger partial charge in [-0.1, -0.05) is 30.3 Å². The molecule has 1 amide bonds. The van der Waals surface area contributed by atoms with Crippen LogP contribution >= 0.6 is 0 Å². The monoisotopic (exact) mass is 296 g/mol. The van der Waals surface area contributed by atoms with E-state index in [9.17, 15) is 9.90 Å². The Bertz CT molecular complexity index is 709. The summed E-state index contributed by atoms with van der Waals surface area (Å²) in [5.41, 5.74) is 0.760. The summed E-state index contributed by atoms with van der Waals surface area (Å²) in [6.45, 7) is 2.32. The average Bonchev–Trinajstić information content (AvgIpc) is 2.94. The van der Waals surface area contributed by atoms with Crippen LogP contribution in [0, 0.1) is 0 Å². The Kier molecular flexibility index (Phi) is 4.37. The molecule has 3 rings (SSSR count). The van der Waals surface area contributed by atoms with Gasteiger partial charge in [-0.15, -0.1) is 0 Å². The van der Waals surface area contributed by atoms with Crippen molar-refractivity contribution in [2.24, 2.45) is 4.99 Å². The van der Waals surface area contributed by atoms with Gasteiger partial charge in [0.05, 0.1) is 0 Å². The van der Waals surface area contributed by atoms with Crippen molar-refractivity contribution in [2.75, 3.05) is 19.6 Å². The number of nitrogens with zero attached hydrogens (tertiary/aromatic N) is 2. The Balaban J connectivity index is 1.63. The lowest BCUT2D eigenvalue weighted by Crippen LogP contribution is -2.26. The van der Waals surface area contributed by atoms with Crippen molar-refractivity contribution in [1.29, 1.82) is 0 Å². The fourth-order valence-electron chi connectivity index (χ4n) is 2.87.